The van der Waals surface area contributed by atoms with Crippen LogP contribution in [-0.4, -0.2) is 21.2 Å². The van der Waals surface area contributed by atoms with Crippen LogP contribution in [0.5, 0.6) is 0 Å². The minimum Gasteiger partial charge on any atom is -0.364 e. The van der Waals surface area contributed by atoms with Gasteiger partial charge in [0.25, 0.3) is 5.91 Å². The van der Waals surface area contributed by atoms with Crippen LogP contribution in [0.3, 0.4) is 0 Å². The summed E-state index contributed by atoms with van der Waals surface area (Å²) in [4.78, 5) is 21.3. The van der Waals surface area contributed by atoms with E-state index in [4.69, 9.17) is 33.9 Å². The van der Waals surface area contributed by atoms with Gasteiger partial charge in [-0.25, -0.2) is 4.98 Å². The zero-order chi connectivity index (χ0) is 19.8. The molecular formula is C21H18Cl2N4O. The molecule has 2 N–H and O–H groups in total. The molecule has 1 aromatic heterocycles. The Bertz CT molecular complexity index is 1120. The van der Waals surface area contributed by atoms with E-state index in [-0.39, 0.29) is 12.2 Å². The van der Waals surface area contributed by atoms with Crippen molar-refractivity contribution in [3.8, 4) is 5.69 Å². The van der Waals surface area contributed by atoms with E-state index >= 15 is 0 Å². The largest absolute Gasteiger partial charge is 0.364 e. The molecule has 0 radical (unpaired) electrons. The molecule has 1 amide bonds. The van der Waals surface area contributed by atoms with E-state index in [0.29, 0.717) is 22.2 Å². The number of nitrogens with zero attached hydrogens (tertiary/aromatic N) is 3. The number of aliphatic imine (C=N–C) groups is 1. The molecule has 5 nitrogen and oxygen atoms in total. The lowest BCUT2D eigenvalue weighted by Gasteiger charge is -2.15. The molecule has 28 heavy (non-hydrogen) atoms. The Hall–Kier alpha value is -2.63. The summed E-state index contributed by atoms with van der Waals surface area (Å²) in [7, 11) is 0. The third kappa shape index (κ3) is 3.11. The van der Waals surface area contributed by atoms with E-state index in [0.717, 1.165) is 34.8 Å². The predicted molar refractivity (Wildman–Crippen MR) is 112 cm³/mol. The highest BCUT2D eigenvalue weighted by molar-refractivity contribution is 6.36. The van der Waals surface area contributed by atoms with E-state index < -0.39 is 5.91 Å². The summed E-state index contributed by atoms with van der Waals surface area (Å²) in [5.74, 6) is 0.225. The van der Waals surface area contributed by atoms with Crippen LogP contribution in [0.2, 0.25) is 10.0 Å². The van der Waals surface area contributed by atoms with Gasteiger partial charge in [0, 0.05) is 27.6 Å². The van der Waals surface area contributed by atoms with Gasteiger partial charge in [0.1, 0.15) is 5.82 Å². The maximum absolute atomic E-state index is 12.0. The normalized spacial score (nSPS) is 12.8. The van der Waals surface area contributed by atoms with E-state index in [2.05, 4.69) is 11.9 Å². The highest BCUT2D eigenvalue weighted by atomic mass is 35.5. The molecule has 0 bridgehead atoms. The molecule has 0 fully saturated rings. The van der Waals surface area contributed by atoms with Crippen molar-refractivity contribution >= 4 is 34.8 Å². The number of primary amides is 1. The fourth-order valence-electron chi connectivity index (χ4n) is 3.54. The summed E-state index contributed by atoms with van der Waals surface area (Å²) < 4.78 is 1.99. The standard InChI is InChI=1S/C21H18Cl2N4O/c1-2-5-18-26-20(21(24)28)17-11-25-19(13-6-3-4-7-15(13)23)14-10-12(22)8-9-16(14)27(17)18/h3-4,6-10H,2,5,11H2,1H3,(H2,24,28). The fraction of sp³-hybridized carbons (Fsp3) is 0.190. The Morgan fingerprint density at radius 3 is 2.68 bits per heavy atom. The number of hydrogen-bond donors (Lipinski definition) is 1. The number of aromatic nitrogens is 2. The van der Waals surface area contributed by atoms with E-state index in [9.17, 15) is 4.79 Å². The molecule has 4 rings (SSSR count). The van der Waals surface area contributed by atoms with Gasteiger partial charge in [0.05, 0.1) is 23.6 Å². The van der Waals surface area contributed by atoms with Crippen molar-refractivity contribution in [1.29, 1.82) is 0 Å². The second-order valence-electron chi connectivity index (χ2n) is 6.58. The Labute approximate surface area is 172 Å². The number of imidazole rings is 1. The Morgan fingerprint density at radius 1 is 1.18 bits per heavy atom. The summed E-state index contributed by atoms with van der Waals surface area (Å²) in [6.45, 7) is 2.33. The number of hydrogen-bond acceptors (Lipinski definition) is 3. The fourth-order valence-corrected chi connectivity index (χ4v) is 3.94. The molecule has 0 aliphatic carbocycles. The number of rotatable bonds is 4. The first-order chi connectivity index (χ1) is 13.5. The second kappa shape index (κ2) is 7.41. The van der Waals surface area contributed by atoms with Gasteiger partial charge in [-0.2, -0.15) is 0 Å². The highest BCUT2D eigenvalue weighted by Crippen LogP contribution is 2.32. The van der Waals surface area contributed by atoms with E-state index in [1.165, 1.54) is 0 Å². The van der Waals surface area contributed by atoms with Crippen LogP contribution >= 0.6 is 23.2 Å². The van der Waals surface area contributed by atoms with Crippen LogP contribution < -0.4 is 5.73 Å². The molecular weight excluding hydrogens is 395 g/mol. The molecule has 0 saturated carbocycles. The van der Waals surface area contributed by atoms with Crippen molar-refractivity contribution < 1.29 is 4.79 Å². The highest BCUT2D eigenvalue weighted by Gasteiger charge is 2.27. The lowest BCUT2D eigenvalue weighted by Crippen LogP contribution is -2.14. The van der Waals surface area contributed by atoms with Crippen LogP contribution in [-0.2, 0) is 13.0 Å². The number of fused-ring (bicyclic) bond motifs is 3. The predicted octanol–water partition coefficient (Wildman–Crippen LogP) is 4.58. The maximum atomic E-state index is 12.0. The smallest absolute Gasteiger partial charge is 0.269 e. The monoisotopic (exact) mass is 412 g/mol. The number of halogens is 2. The third-order valence-corrected chi connectivity index (χ3v) is 5.28. The molecule has 1 aliphatic heterocycles. The van der Waals surface area contributed by atoms with E-state index in [1.54, 1.807) is 0 Å². The Kier molecular flexibility index (Phi) is 4.96. The Balaban J connectivity index is 2.04. The molecule has 7 heteroatoms. The average Bonchev–Trinajstić information content (AvgIpc) is 2.94. The molecule has 142 valence electrons. The summed E-state index contributed by atoms with van der Waals surface area (Å²) in [6, 6.07) is 13.1. The zero-order valence-corrected chi connectivity index (χ0v) is 16.8. The van der Waals surface area contributed by atoms with Gasteiger partial charge in [0.15, 0.2) is 5.69 Å². The number of nitrogens with two attached hydrogens (primary N) is 1. The molecule has 0 saturated heterocycles. The minimum absolute atomic E-state index is 0.258. The molecule has 0 spiro atoms. The van der Waals surface area contributed by atoms with Gasteiger partial charge in [0.2, 0.25) is 0 Å². The lowest BCUT2D eigenvalue weighted by molar-refractivity contribution is 0.0995. The first-order valence-electron chi connectivity index (χ1n) is 9.01. The van der Waals surface area contributed by atoms with Crippen LogP contribution in [0.15, 0.2) is 47.5 Å². The van der Waals surface area contributed by atoms with Crippen LogP contribution in [0.4, 0.5) is 0 Å². The SMILES string of the molecule is CCCc1nc(C(N)=O)c2n1-c1ccc(Cl)cc1C(c1ccccc1Cl)=NC2. The topological polar surface area (TPSA) is 73.3 Å². The lowest BCUT2D eigenvalue weighted by atomic mass is 10.0. The van der Waals surface area contributed by atoms with Crippen molar-refractivity contribution in [1.82, 2.24) is 9.55 Å². The van der Waals surface area contributed by atoms with Crippen molar-refractivity contribution in [2.45, 2.75) is 26.3 Å². The summed E-state index contributed by atoms with van der Waals surface area (Å²) in [5.41, 5.74) is 9.78. The van der Waals surface area contributed by atoms with Crippen LogP contribution in [0, 0.1) is 0 Å². The second-order valence-corrected chi connectivity index (χ2v) is 7.42. The third-order valence-electron chi connectivity index (χ3n) is 4.72. The van der Waals surface area contributed by atoms with Crippen molar-refractivity contribution in [2.24, 2.45) is 10.7 Å². The zero-order valence-electron chi connectivity index (χ0n) is 15.2. The van der Waals surface area contributed by atoms with Gasteiger partial charge in [-0.3, -0.25) is 14.4 Å². The van der Waals surface area contributed by atoms with Crippen molar-refractivity contribution in [3.05, 3.63) is 80.8 Å². The summed E-state index contributed by atoms with van der Waals surface area (Å²) in [6.07, 6.45) is 1.60. The van der Waals surface area contributed by atoms with Crippen LogP contribution in [0.25, 0.3) is 5.69 Å². The van der Waals surface area contributed by atoms with Gasteiger partial charge < -0.3 is 5.73 Å². The van der Waals surface area contributed by atoms with Crippen molar-refractivity contribution in [2.75, 3.05) is 0 Å². The molecule has 2 heterocycles. The quantitative estimate of drug-likeness (QED) is 0.680. The number of amides is 1. The van der Waals surface area contributed by atoms with Gasteiger partial charge >= 0.3 is 0 Å². The number of aryl methyl sites for hydroxylation is 1. The molecule has 3 aromatic rings. The summed E-state index contributed by atoms with van der Waals surface area (Å²) >= 11 is 12.8. The number of carbonyl (C=O) groups is 1. The maximum Gasteiger partial charge on any atom is 0.269 e. The summed E-state index contributed by atoms with van der Waals surface area (Å²) in [5, 5.41) is 1.19. The average molecular weight is 413 g/mol. The molecule has 0 unspecified atom stereocenters. The van der Waals surface area contributed by atoms with E-state index in [1.807, 2.05) is 47.0 Å². The van der Waals surface area contributed by atoms with Gasteiger partial charge in [-0.15, -0.1) is 0 Å². The number of carbonyl (C=O) groups excluding carboxylic acids is 1. The van der Waals surface area contributed by atoms with Crippen LogP contribution in [0.1, 0.15) is 46.5 Å². The first-order valence-corrected chi connectivity index (χ1v) is 9.76. The molecule has 1 aliphatic rings. The van der Waals surface area contributed by atoms with Gasteiger partial charge in [-0.1, -0.05) is 48.3 Å². The Morgan fingerprint density at radius 2 is 1.96 bits per heavy atom. The van der Waals surface area contributed by atoms with Gasteiger partial charge in [-0.05, 0) is 30.7 Å². The minimum atomic E-state index is -0.557. The van der Waals surface area contributed by atoms with Crippen molar-refractivity contribution in [3.63, 3.8) is 0 Å². The molecule has 0 atom stereocenters. The first kappa shape index (κ1) is 18.7. The number of benzene rings is 2. The molecule has 2 aromatic carbocycles.